The van der Waals surface area contributed by atoms with Gasteiger partial charge in [0.15, 0.2) is 0 Å². The van der Waals surface area contributed by atoms with Crippen molar-refractivity contribution in [3.05, 3.63) is 95.6 Å². The summed E-state index contributed by atoms with van der Waals surface area (Å²) in [7, 11) is 1.71. The Morgan fingerprint density at radius 3 is 1.48 bits per heavy atom. The zero-order valence-corrected chi connectivity index (χ0v) is 29.2. The van der Waals surface area contributed by atoms with Crippen LogP contribution in [0.3, 0.4) is 0 Å². The van der Waals surface area contributed by atoms with Crippen molar-refractivity contribution < 1.29 is 43.6 Å². The van der Waals surface area contributed by atoms with Crippen LogP contribution in [0.25, 0.3) is 12.2 Å². The summed E-state index contributed by atoms with van der Waals surface area (Å²) in [6, 6.07) is 13.5. The van der Waals surface area contributed by atoms with Crippen molar-refractivity contribution in [2.45, 2.75) is 108 Å². The van der Waals surface area contributed by atoms with Crippen LogP contribution in [0, 0.1) is 5.92 Å². The van der Waals surface area contributed by atoms with E-state index < -0.39 is 11.9 Å². The van der Waals surface area contributed by atoms with E-state index in [1.165, 1.54) is 44.3 Å². The van der Waals surface area contributed by atoms with Crippen molar-refractivity contribution >= 4 is 36.0 Å². The van der Waals surface area contributed by atoms with Gasteiger partial charge in [0.1, 0.15) is 12.2 Å². The van der Waals surface area contributed by atoms with Gasteiger partial charge < -0.3 is 24.4 Å². The number of hydrogen-bond acceptors (Lipinski definition) is 7. The van der Waals surface area contributed by atoms with Crippen molar-refractivity contribution in [3.8, 4) is 0 Å². The number of allylic oxidation sites excluding steroid dienone is 1. The van der Waals surface area contributed by atoms with E-state index in [0.717, 1.165) is 87.0 Å². The lowest BCUT2D eigenvalue weighted by molar-refractivity contribution is -0.132. The predicted octanol–water partition coefficient (Wildman–Crippen LogP) is 8.93. The van der Waals surface area contributed by atoms with Gasteiger partial charge in [0.2, 0.25) is 0 Å². The van der Waals surface area contributed by atoms with Crippen molar-refractivity contribution in [2.75, 3.05) is 7.11 Å². The number of aliphatic carboxylic acids is 2. The van der Waals surface area contributed by atoms with Gasteiger partial charge in [-0.15, -0.1) is 6.58 Å². The first-order valence-corrected chi connectivity index (χ1v) is 17.7. The first-order chi connectivity index (χ1) is 24.2. The molecule has 0 amide bonds. The molecular formula is C41H52O9. The summed E-state index contributed by atoms with van der Waals surface area (Å²) in [5.74, 6) is -1.86. The molecule has 0 unspecified atom stereocenters. The van der Waals surface area contributed by atoms with E-state index in [4.69, 9.17) is 24.4 Å². The molecule has 2 fully saturated rings. The van der Waals surface area contributed by atoms with E-state index in [9.17, 15) is 19.2 Å². The van der Waals surface area contributed by atoms with Gasteiger partial charge in [0, 0.05) is 19.3 Å². The molecule has 0 atom stereocenters. The number of methoxy groups -OCH3 is 1. The quantitative estimate of drug-likeness (QED) is 0.0767. The molecule has 0 saturated heterocycles. The Hall–Kier alpha value is -4.50. The van der Waals surface area contributed by atoms with Crippen LogP contribution in [0.5, 0.6) is 0 Å². The Labute approximate surface area is 296 Å². The normalized spacial score (nSPS) is 20.4. The SMILES string of the molecule is C=CCCCCCCC1CCC(OC(=O)c2ccc(/C=C/C(=O)O)cc2)CC1.COC1CCC(OC(=O)c2ccc(/C=C/C(=O)O)cc2)CC1. The van der Waals surface area contributed by atoms with Gasteiger partial charge in [-0.1, -0.05) is 56.0 Å². The highest BCUT2D eigenvalue weighted by atomic mass is 16.5. The summed E-state index contributed by atoms with van der Waals surface area (Å²) in [6.07, 6.45) is 22.6. The molecule has 4 rings (SSSR count). The highest BCUT2D eigenvalue weighted by Crippen LogP contribution is 2.31. The summed E-state index contributed by atoms with van der Waals surface area (Å²) >= 11 is 0. The number of ether oxygens (including phenoxy) is 3. The van der Waals surface area contributed by atoms with Gasteiger partial charge >= 0.3 is 23.9 Å². The number of hydrogen-bond donors (Lipinski definition) is 2. The second-order valence-corrected chi connectivity index (χ2v) is 13.0. The fraction of sp³-hybridized carbons (Fsp3) is 0.463. The molecule has 0 heterocycles. The maximum Gasteiger partial charge on any atom is 0.338 e. The van der Waals surface area contributed by atoms with Crippen LogP contribution in [0.4, 0.5) is 0 Å². The second kappa shape index (κ2) is 22.3. The molecule has 0 aliphatic heterocycles. The van der Waals surface area contributed by atoms with Crippen LogP contribution in [0.15, 0.2) is 73.3 Å². The number of carbonyl (C=O) groups is 4. The van der Waals surface area contributed by atoms with Crippen LogP contribution in [-0.4, -0.2) is 59.5 Å². The molecule has 2 aromatic carbocycles. The highest BCUT2D eigenvalue weighted by Gasteiger charge is 2.25. The Balaban J connectivity index is 0.000000278. The van der Waals surface area contributed by atoms with Gasteiger partial charge in [0.25, 0.3) is 0 Å². The van der Waals surface area contributed by atoms with Crippen LogP contribution in [0.2, 0.25) is 0 Å². The lowest BCUT2D eigenvalue weighted by Gasteiger charge is -2.28. The van der Waals surface area contributed by atoms with Crippen LogP contribution >= 0.6 is 0 Å². The zero-order chi connectivity index (χ0) is 36.1. The Morgan fingerprint density at radius 1 is 0.640 bits per heavy atom. The first kappa shape index (κ1) is 39.9. The minimum Gasteiger partial charge on any atom is -0.478 e. The minimum absolute atomic E-state index is 0.0166. The number of benzene rings is 2. The average molecular weight is 689 g/mol. The summed E-state index contributed by atoms with van der Waals surface area (Å²) in [5.41, 5.74) is 2.44. The molecule has 2 saturated carbocycles. The number of carboxylic acids is 2. The van der Waals surface area contributed by atoms with E-state index in [2.05, 4.69) is 6.58 Å². The molecule has 9 nitrogen and oxygen atoms in total. The maximum atomic E-state index is 12.3. The van der Waals surface area contributed by atoms with Crippen molar-refractivity contribution in [1.82, 2.24) is 0 Å². The van der Waals surface area contributed by atoms with E-state index in [-0.39, 0.29) is 30.3 Å². The summed E-state index contributed by atoms with van der Waals surface area (Å²) < 4.78 is 16.5. The fourth-order valence-corrected chi connectivity index (χ4v) is 6.23. The van der Waals surface area contributed by atoms with E-state index in [0.29, 0.717) is 11.1 Å². The third-order valence-corrected chi connectivity index (χ3v) is 9.20. The van der Waals surface area contributed by atoms with Crippen LogP contribution in [-0.2, 0) is 23.8 Å². The van der Waals surface area contributed by atoms with Crippen molar-refractivity contribution in [1.29, 1.82) is 0 Å². The highest BCUT2D eigenvalue weighted by molar-refractivity contribution is 5.91. The molecule has 270 valence electrons. The van der Waals surface area contributed by atoms with E-state index in [1.807, 2.05) is 6.08 Å². The molecule has 0 spiro atoms. The molecule has 50 heavy (non-hydrogen) atoms. The van der Waals surface area contributed by atoms with Gasteiger partial charge in [-0.2, -0.15) is 0 Å². The Bertz CT molecular complexity index is 1410. The maximum absolute atomic E-state index is 12.3. The predicted molar refractivity (Wildman–Crippen MR) is 194 cm³/mol. The average Bonchev–Trinajstić information content (AvgIpc) is 3.13. The fourth-order valence-electron chi connectivity index (χ4n) is 6.23. The summed E-state index contributed by atoms with van der Waals surface area (Å²) in [6.45, 7) is 3.76. The number of carbonyl (C=O) groups excluding carboxylic acids is 2. The Morgan fingerprint density at radius 2 is 1.06 bits per heavy atom. The van der Waals surface area contributed by atoms with Crippen molar-refractivity contribution in [3.63, 3.8) is 0 Å². The molecule has 2 N–H and O–H groups in total. The minimum atomic E-state index is -1.00. The summed E-state index contributed by atoms with van der Waals surface area (Å²) in [4.78, 5) is 45.4. The molecular weight excluding hydrogens is 636 g/mol. The molecule has 0 aromatic heterocycles. The van der Waals surface area contributed by atoms with Crippen molar-refractivity contribution in [2.24, 2.45) is 5.92 Å². The lowest BCUT2D eigenvalue weighted by atomic mass is 9.84. The van der Waals surface area contributed by atoms with Crippen LogP contribution < -0.4 is 0 Å². The first-order valence-electron chi connectivity index (χ1n) is 17.7. The van der Waals surface area contributed by atoms with Gasteiger partial charge in [-0.3, -0.25) is 0 Å². The van der Waals surface area contributed by atoms with Gasteiger partial charge in [-0.25, -0.2) is 19.2 Å². The largest absolute Gasteiger partial charge is 0.478 e. The number of unbranched alkanes of at least 4 members (excludes halogenated alkanes) is 4. The zero-order valence-electron chi connectivity index (χ0n) is 29.2. The second-order valence-electron chi connectivity index (χ2n) is 13.0. The van der Waals surface area contributed by atoms with E-state index in [1.54, 1.807) is 55.6 Å². The Kier molecular flexibility index (Phi) is 17.8. The molecule has 2 aromatic rings. The molecule has 9 heteroatoms. The molecule has 2 aliphatic carbocycles. The summed E-state index contributed by atoms with van der Waals surface area (Å²) in [5, 5.41) is 17.2. The topological polar surface area (TPSA) is 136 Å². The monoisotopic (exact) mass is 688 g/mol. The van der Waals surface area contributed by atoms with Crippen LogP contribution in [0.1, 0.15) is 122 Å². The smallest absolute Gasteiger partial charge is 0.338 e. The number of rotatable bonds is 16. The standard InChI is InChI=1S/C24H32O4.C17H20O5/c1-2-3-4-5-6-7-8-19-11-16-22(17-12-19)28-24(27)21-14-9-20(10-15-21)13-18-23(25)26;1-21-14-7-9-15(10-8-14)22-17(20)13-5-2-12(3-6-13)4-11-16(18)19/h2,9-10,13-15,18-19,22H,1,3-8,11-12,16-17H2,(H,25,26);2-6,11,14-15H,7-10H2,1H3,(H,18,19)/b18-13+;11-4+. The number of esters is 2. The van der Waals surface area contributed by atoms with Gasteiger partial charge in [-0.05, 0) is 118 Å². The van der Waals surface area contributed by atoms with Gasteiger partial charge in [0.05, 0.1) is 17.2 Å². The lowest BCUT2D eigenvalue weighted by Crippen LogP contribution is -2.27. The van der Waals surface area contributed by atoms with E-state index >= 15 is 0 Å². The molecule has 0 bridgehead atoms. The third-order valence-electron chi connectivity index (χ3n) is 9.20. The molecule has 2 aliphatic rings. The third kappa shape index (κ3) is 15.4. The number of carboxylic acid groups (broad SMARTS) is 2. The molecule has 0 radical (unpaired) electrons.